The maximum absolute atomic E-state index is 10.1. The Hall–Kier alpha value is -3.02. The van der Waals surface area contributed by atoms with Gasteiger partial charge in [0.2, 0.25) is 0 Å². The molecule has 0 unspecified atom stereocenters. The van der Waals surface area contributed by atoms with Crippen LogP contribution in [0.15, 0.2) is 31.7 Å². The second-order valence-electron chi connectivity index (χ2n) is 4.50. The van der Waals surface area contributed by atoms with Crippen molar-refractivity contribution in [3.05, 3.63) is 29.4 Å². The van der Waals surface area contributed by atoms with Crippen LogP contribution in [0.2, 0.25) is 0 Å². The van der Waals surface area contributed by atoms with Crippen molar-refractivity contribution in [2.24, 2.45) is 31.7 Å². The van der Waals surface area contributed by atoms with Crippen molar-refractivity contribution >= 4 is 55.8 Å². The number of carbonyl (C=O) groups is 3. The summed E-state index contributed by atoms with van der Waals surface area (Å²) in [7, 11) is 0. The largest absolute Gasteiger partial charge is 3.00 e. The molecular formula is C9H12FeN9O12S3. The number of thiol groups is 3. The molecule has 21 nitrogen and oxygen atoms in total. The Morgan fingerprint density at radius 1 is 0.529 bits per heavy atom. The minimum absolute atomic E-state index is 0. The average molecular weight is 590 g/mol. The molecule has 0 aromatic heterocycles. The van der Waals surface area contributed by atoms with Crippen LogP contribution in [-0.4, -0.2) is 68.6 Å². The third-order valence-electron chi connectivity index (χ3n) is 2.67. The minimum atomic E-state index is -1.63. The Balaban J connectivity index is -0.000000196. The van der Waals surface area contributed by atoms with E-state index in [0.717, 1.165) is 0 Å². The summed E-state index contributed by atoms with van der Waals surface area (Å²) in [6.45, 7) is 0. The van der Waals surface area contributed by atoms with Crippen molar-refractivity contribution in [1.82, 2.24) is 15.4 Å². The van der Waals surface area contributed by atoms with E-state index in [1.165, 1.54) is 0 Å². The summed E-state index contributed by atoms with van der Waals surface area (Å²) in [6, 6.07) is -4.52. The minimum Gasteiger partial charge on any atom is -0.548 e. The van der Waals surface area contributed by atoms with Gasteiger partial charge < -0.3 is 29.7 Å². The predicted molar refractivity (Wildman–Crippen MR) is 108 cm³/mol. The average Bonchev–Trinajstić information content (AvgIpc) is 2.78. The van der Waals surface area contributed by atoms with E-state index in [9.17, 15) is 59.1 Å². The summed E-state index contributed by atoms with van der Waals surface area (Å²) in [5.41, 5.74) is 0. The molecule has 0 aromatic carbocycles. The van der Waals surface area contributed by atoms with E-state index in [1.807, 2.05) is 31.7 Å². The smallest absolute Gasteiger partial charge is 0.548 e. The molecule has 0 saturated carbocycles. The van der Waals surface area contributed by atoms with E-state index in [0.29, 0.717) is 0 Å². The first-order valence-corrected chi connectivity index (χ1v) is 9.23. The number of carbonyl (C=O) groups excluding carboxylic acids is 3. The van der Waals surface area contributed by atoms with Crippen LogP contribution in [0.25, 0.3) is 0 Å². The summed E-state index contributed by atoms with van der Waals surface area (Å²) in [5.74, 6) is -5.71. The quantitative estimate of drug-likeness (QED) is 0.0710. The van der Waals surface area contributed by atoms with Crippen LogP contribution in [-0.2, 0) is 31.5 Å². The van der Waals surface area contributed by atoms with Gasteiger partial charge in [-0.3, -0.25) is 0 Å². The molecule has 0 rings (SSSR count). The summed E-state index contributed by atoms with van der Waals surface area (Å²) < 4.78 is 0. The van der Waals surface area contributed by atoms with Crippen LogP contribution >= 0.6 is 37.9 Å². The van der Waals surface area contributed by atoms with Gasteiger partial charge in [-0.15, -0.1) is 44.8 Å². The molecule has 0 bridgehead atoms. The Labute approximate surface area is 214 Å². The summed E-state index contributed by atoms with van der Waals surface area (Å²) >= 11 is 10.6. The van der Waals surface area contributed by atoms with Crippen molar-refractivity contribution < 1.29 is 46.8 Å². The Kier molecular flexibility index (Phi) is 26.0. The molecule has 0 N–H and O–H groups in total. The van der Waals surface area contributed by atoms with Gasteiger partial charge in [-0.2, -0.15) is 37.9 Å². The van der Waals surface area contributed by atoms with E-state index in [-0.39, 0.29) is 49.7 Å². The van der Waals surface area contributed by atoms with E-state index in [2.05, 4.69) is 37.9 Å². The molecule has 191 valence electrons. The molecule has 0 aliphatic heterocycles. The van der Waals surface area contributed by atoms with Crippen LogP contribution in [0, 0.1) is 29.4 Å². The van der Waals surface area contributed by atoms with Gasteiger partial charge >= 0.3 is 17.1 Å². The van der Waals surface area contributed by atoms with Crippen LogP contribution < -0.4 is 15.3 Å². The molecule has 0 aliphatic rings. The van der Waals surface area contributed by atoms with Crippen LogP contribution in [0.4, 0.5) is 0 Å². The van der Waals surface area contributed by atoms with Gasteiger partial charge in [0.25, 0.3) is 0 Å². The topological polar surface area (TPSA) is 307 Å². The zero-order valence-corrected chi connectivity index (χ0v) is 19.8. The van der Waals surface area contributed by atoms with Crippen molar-refractivity contribution in [3.63, 3.8) is 0 Å². The maximum Gasteiger partial charge on any atom is 3.00 e. The standard InChI is InChI=1S/3C3H5N3O4S.Fe/c3*7-3(8)2(1-11)6(4-9)5-10;/h3*2,11H,1H2,(H,7,8);/q;;;+3/p-3/t3*2-;/m000./s1. The van der Waals surface area contributed by atoms with Crippen LogP contribution in [0.1, 0.15) is 0 Å². The number of carboxylic acids is 3. The van der Waals surface area contributed by atoms with Gasteiger partial charge in [0, 0.05) is 17.3 Å². The van der Waals surface area contributed by atoms with Gasteiger partial charge in [0.05, 0.1) is 49.6 Å². The Bertz CT molecular complexity index is 595. The normalized spacial score (nSPS) is 11.4. The number of rotatable bonds is 15. The predicted octanol–water partition coefficient (Wildman–Crippen LogP) is -3.90. The number of hydrogen-bond acceptors (Lipinski definition) is 21. The molecule has 3 atom stereocenters. The maximum atomic E-state index is 10.1. The second-order valence-corrected chi connectivity index (χ2v) is 5.60. The zero-order chi connectivity index (χ0) is 26.6. The van der Waals surface area contributed by atoms with E-state index in [4.69, 9.17) is 0 Å². The van der Waals surface area contributed by atoms with Crippen molar-refractivity contribution in [2.75, 3.05) is 17.3 Å². The summed E-state index contributed by atoms with van der Waals surface area (Å²) in [5, 5.41) is 42.3. The SMILES string of the molecule is O=NN(N=O)[C@@H](CS)C(=O)[O-].O=NN(N=O)[C@@H](CS)C(=O)[O-].O=NN(N=O)[C@@H](CS)C(=O)[O-].[Fe+3]. The number of carboxylic acid groups (broad SMARTS) is 3. The molecule has 0 saturated heterocycles. The monoisotopic (exact) mass is 590 g/mol. The fraction of sp³-hybridized carbons (Fsp3) is 0.667. The first-order chi connectivity index (χ1) is 15.5. The van der Waals surface area contributed by atoms with Gasteiger partial charge in [-0.1, -0.05) is 0 Å². The van der Waals surface area contributed by atoms with E-state index in [1.54, 1.807) is 0 Å². The molecule has 0 aromatic rings. The fourth-order valence-electron chi connectivity index (χ4n) is 1.11. The molecule has 34 heavy (non-hydrogen) atoms. The molecule has 0 fully saturated rings. The molecular weight excluding hydrogens is 578 g/mol. The first-order valence-electron chi connectivity index (χ1n) is 7.33. The van der Waals surface area contributed by atoms with Gasteiger partial charge in [-0.05, 0) is 0 Å². The molecule has 0 aliphatic carbocycles. The Morgan fingerprint density at radius 2 is 0.676 bits per heavy atom. The van der Waals surface area contributed by atoms with Gasteiger partial charge in [0.15, 0.2) is 0 Å². The number of nitroso groups, excluding NO2 is 6. The third-order valence-corrected chi connectivity index (χ3v) is 3.71. The van der Waals surface area contributed by atoms with E-state index < -0.39 is 36.0 Å². The number of nitrogens with zero attached hydrogens (tertiary/aromatic N) is 9. The summed E-state index contributed by atoms with van der Waals surface area (Å²) in [6.07, 6.45) is 0. The first kappa shape index (κ1) is 38.3. The molecule has 0 spiro atoms. The van der Waals surface area contributed by atoms with Crippen molar-refractivity contribution in [1.29, 1.82) is 0 Å². The second kappa shape index (κ2) is 23.1. The van der Waals surface area contributed by atoms with Crippen LogP contribution in [0.3, 0.4) is 0 Å². The third kappa shape index (κ3) is 14.9. The molecule has 1 radical (unpaired) electrons. The molecule has 0 heterocycles. The van der Waals surface area contributed by atoms with Crippen molar-refractivity contribution in [2.45, 2.75) is 18.1 Å². The Morgan fingerprint density at radius 3 is 0.706 bits per heavy atom. The van der Waals surface area contributed by atoms with Crippen molar-refractivity contribution in [3.8, 4) is 0 Å². The molecule has 25 heteroatoms. The summed E-state index contributed by atoms with van der Waals surface area (Å²) in [4.78, 5) is 88.5. The fourth-order valence-corrected chi connectivity index (χ4v) is 2.00. The van der Waals surface area contributed by atoms with E-state index >= 15 is 0 Å². The molecule has 0 amide bonds. The van der Waals surface area contributed by atoms with Crippen LogP contribution in [0.5, 0.6) is 0 Å². The number of hydrogen-bond donors (Lipinski definition) is 3. The zero-order valence-electron chi connectivity index (χ0n) is 16.0. The van der Waals surface area contributed by atoms with Gasteiger partial charge in [-0.25, -0.2) is 0 Å². The number of aliphatic carboxylic acids is 3. The van der Waals surface area contributed by atoms with Gasteiger partial charge in [0.1, 0.15) is 18.1 Å².